The first-order valence-corrected chi connectivity index (χ1v) is 12.4. The van der Waals surface area contributed by atoms with Gasteiger partial charge in [0.25, 0.3) is 0 Å². The van der Waals surface area contributed by atoms with Crippen LogP contribution in [-0.4, -0.2) is 42.4 Å². The third-order valence-corrected chi connectivity index (χ3v) is 5.31. The van der Waals surface area contributed by atoms with Crippen LogP contribution in [0.3, 0.4) is 0 Å². The Kier molecular flexibility index (Phi) is 11.3. The second kappa shape index (κ2) is 15.3. The molecule has 10 heteroatoms. The molecule has 0 amide bonds. The number of hydrogen-bond acceptors (Lipinski definition) is 10. The van der Waals surface area contributed by atoms with E-state index in [-0.39, 0.29) is 40.7 Å². The molecular formula is C30H28O10. The molecule has 3 aromatic rings. The second-order valence-electron chi connectivity index (χ2n) is 8.31. The van der Waals surface area contributed by atoms with Gasteiger partial charge in [0.2, 0.25) is 0 Å². The van der Waals surface area contributed by atoms with Crippen LogP contribution >= 0.6 is 0 Å². The first kappa shape index (κ1) is 29.4. The summed E-state index contributed by atoms with van der Waals surface area (Å²) in [6.07, 6.45) is 3.21. The number of rotatable bonds is 13. The van der Waals surface area contributed by atoms with E-state index in [4.69, 9.17) is 23.7 Å². The Morgan fingerprint density at radius 2 is 1.02 bits per heavy atom. The minimum atomic E-state index is -0.862. The standard InChI is InChI=1S/C30H28O10/c1-2-27(32)36-19-5-3-4-6-20-37-30(35)40-26-15-9-22(10-16-26)28(33)38-24-13-7-21(8-14-24)29(34)39-25-17-11-23(31)12-18-25/h2,7-18,31H,1,3-6,19-20H2. The third kappa shape index (κ3) is 9.97. The van der Waals surface area contributed by atoms with Gasteiger partial charge in [0.05, 0.1) is 24.3 Å². The average Bonchev–Trinajstić information content (AvgIpc) is 2.96. The maximum Gasteiger partial charge on any atom is 0.513 e. The van der Waals surface area contributed by atoms with E-state index in [0.717, 1.165) is 18.9 Å². The van der Waals surface area contributed by atoms with Gasteiger partial charge in [-0.25, -0.2) is 19.2 Å². The van der Waals surface area contributed by atoms with Crippen LogP contribution in [0.1, 0.15) is 46.4 Å². The van der Waals surface area contributed by atoms with E-state index in [1.165, 1.54) is 72.8 Å². The minimum Gasteiger partial charge on any atom is -0.508 e. The number of esters is 3. The highest BCUT2D eigenvalue weighted by Crippen LogP contribution is 2.20. The number of hydrogen-bond donors (Lipinski definition) is 1. The molecule has 0 fully saturated rings. The Hall–Kier alpha value is -5.12. The molecule has 1 N–H and O–H groups in total. The molecule has 0 spiro atoms. The van der Waals surface area contributed by atoms with E-state index >= 15 is 0 Å². The normalized spacial score (nSPS) is 10.2. The van der Waals surface area contributed by atoms with Crippen molar-refractivity contribution < 1.29 is 48.0 Å². The predicted molar refractivity (Wildman–Crippen MR) is 143 cm³/mol. The van der Waals surface area contributed by atoms with Crippen molar-refractivity contribution in [3.05, 3.63) is 96.6 Å². The number of aromatic hydroxyl groups is 1. The number of ether oxygens (including phenoxy) is 5. The van der Waals surface area contributed by atoms with Crippen LogP contribution < -0.4 is 14.2 Å². The second-order valence-corrected chi connectivity index (χ2v) is 8.31. The van der Waals surface area contributed by atoms with Crippen LogP contribution in [0.5, 0.6) is 23.0 Å². The van der Waals surface area contributed by atoms with E-state index in [1.54, 1.807) is 0 Å². The molecule has 0 aromatic heterocycles. The fraction of sp³-hybridized carbons (Fsp3) is 0.200. The van der Waals surface area contributed by atoms with Crippen LogP contribution in [0.2, 0.25) is 0 Å². The van der Waals surface area contributed by atoms with Gasteiger partial charge in [-0.3, -0.25) is 0 Å². The lowest BCUT2D eigenvalue weighted by atomic mass is 10.2. The topological polar surface area (TPSA) is 135 Å². The van der Waals surface area contributed by atoms with Crippen molar-refractivity contribution in [3.8, 4) is 23.0 Å². The van der Waals surface area contributed by atoms with E-state index < -0.39 is 24.1 Å². The van der Waals surface area contributed by atoms with Gasteiger partial charge in [-0.15, -0.1) is 0 Å². The van der Waals surface area contributed by atoms with E-state index in [2.05, 4.69) is 6.58 Å². The summed E-state index contributed by atoms with van der Waals surface area (Å²) in [7, 11) is 0. The Morgan fingerprint density at radius 1 is 0.600 bits per heavy atom. The summed E-state index contributed by atoms with van der Waals surface area (Å²) >= 11 is 0. The summed E-state index contributed by atoms with van der Waals surface area (Å²) in [5.74, 6) is -0.965. The zero-order valence-electron chi connectivity index (χ0n) is 21.6. The van der Waals surface area contributed by atoms with Crippen molar-refractivity contribution >= 4 is 24.1 Å². The average molecular weight is 549 g/mol. The van der Waals surface area contributed by atoms with Crippen molar-refractivity contribution in [2.45, 2.75) is 25.7 Å². The van der Waals surface area contributed by atoms with Gasteiger partial charge >= 0.3 is 24.1 Å². The molecular weight excluding hydrogens is 520 g/mol. The lowest BCUT2D eigenvalue weighted by Crippen LogP contribution is -2.12. The molecule has 3 aromatic carbocycles. The van der Waals surface area contributed by atoms with Gasteiger partial charge in [0.1, 0.15) is 23.0 Å². The summed E-state index contributed by atoms with van der Waals surface area (Å²) in [5, 5.41) is 9.30. The lowest BCUT2D eigenvalue weighted by molar-refractivity contribution is -0.137. The zero-order valence-corrected chi connectivity index (χ0v) is 21.6. The highest BCUT2D eigenvalue weighted by atomic mass is 16.7. The predicted octanol–water partition coefficient (Wildman–Crippen LogP) is 5.64. The molecule has 0 aliphatic rings. The van der Waals surface area contributed by atoms with E-state index in [1.807, 2.05) is 0 Å². The fourth-order valence-corrected chi connectivity index (χ4v) is 3.23. The zero-order chi connectivity index (χ0) is 28.7. The first-order valence-electron chi connectivity index (χ1n) is 12.4. The molecule has 208 valence electrons. The van der Waals surface area contributed by atoms with E-state index in [9.17, 15) is 24.3 Å². The van der Waals surface area contributed by atoms with Crippen LogP contribution in [0.25, 0.3) is 0 Å². The summed E-state index contributed by atoms with van der Waals surface area (Å²) in [4.78, 5) is 47.5. The van der Waals surface area contributed by atoms with E-state index in [0.29, 0.717) is 19.4 Å². The number of phenols is 1. The molecule has 0 bridgehead atoms. The van der Waals surface area contributed by atoms with Gasteiger partial charge < -0.3 is 28.8 Å². The molecule has 10 nitrogen and oxygen atoms in total. The van der Waals surface area contributed by atoms with Crippen molar-refractivity contribution in [2.75, 3.05) is 13.2 Å². The number of carbonyl (C=O) groups excluding carboxylic acids is 4. The third-order valence-electron chi connectivity index (χ3n) is 5.31. The van der Waals surface area contributed by atoms with Gasteiger partial charge in [-0.05, 0) is 98.5 Å². The summed E-state index contributed by atoms with van der Waals surface area (Å²) in [5.41, 5.74) is 0.461. The molecule has 0 saturated carbocycles. The molecule has 0 aliphatic heterocycles. The van der Waals surface area contributed by atoms with Gasteiger partial charge in [-0.1, -0.05) is 6.58 Å². The summed E-state index contributed by atoms with van der Waals surface area (Å²) in [6.45, 7) is 3.83. The lowest BCUT2D eigenvalue weighted by Gasteiger charge is -2.08. The molecule has 40 heavy (non-hydrogen) atoms. The maximum absolute atomic E-state index is 12.5. The molecule has 0 unspecified atom stereocenters. The maximum atomic E-state index is 12.5. The Bertz CT molecular complexity index is 1300. The van der Waals surface area contributed by atoms with Gasteiger partial charge in [0.15, 0.2) is 0 Å². The van der Waals surface area contributed by atoms with Gasteiger partial charge in [0, 0.05) is 6.08 Å². The molecule has 0 aliphatic carbocycles. The Morgan fingerprint density at radius 3 is 1.50 bits per heavy atom. The number of benzene rings is 3. The van der Waals surface area contributed by atoms with Crippen LogP contribution in [0, 0.1) is 0 Å². The Balaban J connectivity index is 1.37. The smallest absolute Gasteiger partial charge is 0.508 e. The monoisotopic (exact) mass is 548 g/mol. The van der Waals surface area contributed by atoms with Crippen LogP contribution in [0.15, 0.2) is 85.5 Å². The van der Waals surface area contributed by atoms with Crippen molar-refractivity contribution in [1.29, 1.82) is 0 Å². The van der Waals surface area contributed by atoms with Crippen molar-refractivity contribution in [3.63, 3.8) is 0 Å². The van der Waals surface area contributed by atoms with Crippen LogP contribution in [0.4, 0.5) is 4.79 Å². The highest BCUT2D eigenvalue weighted by molar-refractivity contribution is 5.92. The largest absolute Gasteiger partial charge is 0.513 e. The number of phenolic OH excluding ortho intramolecular Hbond substituents is 1. The van der Waals surface area contributed by atoms with Crippen molar-refractivity contribution in [1.82, 2.24) is 0 Å². The highest BCUT2D eigenvalue weighted by Gasteiger charge is 2.13. The molecule has 0 heterocycles. The fourth-order valence-electron chi connectivity index (χ4n) is 3.23. The first-order chi connectivity index (χ1) is 19.3. The SMILES string of the molecule is C=CC(=O)OCCCCCCOC(=O)Oc1ccc(C(=O)Oc2ccc(C(=O)Oc3ccc(O)cc3)cc2)cc1. The molecule has 0 saturated heterocycles. The Labute approximate surface area is 230 Å². The number of unbranched alkanes of at least 4 members (excludes halogenated alkanes) is 3. The summed E-state index contributed by atoms with van der Waals surface area (Å²) in [6, 6.07) is 17.3. The molecule has 3 rings (SSSR count). The minimum absolute atomic E-state index is 0.0530. The quantitative estimate of drug-likeness (QED) is 0.0940. The number of carbonyl (C=O) groups is 4. The van der Waals surface area contributed by atoms with Gasteiger partial charge in [-0.2, -0.15) is 0 Å². The summed E-state index contributed by atoms with van der Waals surface area (Å²) < 4.78 is 25.6. The van der Waals surface area contributed by atoms with Crippen LogP contribution in [-0.2, 0) is 14.3 Å². The molecule has 0 atom stereocenters. The van der Waals surface area contributed by atoms with Crippen molar-refractivity contribution in [2.24, 2.45) is 0 Å². The molecule has 0 radical (unpaired) electrons.